The van der Waals surface area contributed by atoms with Crippen LogP contribution < -0.4 is 0 Å². The Morgan fingerprint density at radius 1 is 1.57 bits per heavy atom. The lowest BCUT2D eigenvalue weighted by atomic mass is 9.77. The number of methoxy groups -OCH3 is 1. The lowest BCUT2D eigenvalue weighted by Gasteiger charge is -2.23. The summed E-state index contributed by atoms with van der Waals surface area (Å²) in [5, 5.41) is 0. The third-order valence-corrected chi connectivity index (χ3v) is 5.10. The Morgan fingerprint density at radius 3 is 3.14 bits per heavy atom. The molecule has 21 heavy (non-hydrogen) atoms. The summed E-state index contributed by atoms with van der Waals surface area (Å²) in [5.41, 5.74) is -0.640. The second-order valence-electron chi connectivity index (χ2n) is 6.28. The summed E-state index contributed by atoms with van der Waals surface area (Å²) in [6.45, 7) is 1.87. The minimum Gasteiger partial charge on any atom is -0.469 e. The first kappa shape index (κ1) is 13.3. The first-order valence-corrected chi connectivity index (χ1v) is 7.50. The van der Waals surface area contributed by atoms with Crippen LogP contribution in [-0.2, 0) is 23.8 Å². The molecule has 0 aromatic rings. The third-order valence-electron chi connectivity index (χ3n) is 5.10. The molecule has 4 heterocycles. The van der Waals surface area contributed by atoms with Crippen molar-refractivity contribution in [3.63, 3.8) is 0 Å². The van der Waals surface area contributed by atoms with Crippen LogP contribution >= 0.6 is 0 Å². The van der Waals surface area contributed by atoms with Crippen molar-refractivity contribution in [2.24, 2.45) is 11.8 Å². The van der Waals surface area contributed by atoms with E-state index in [1.54, 1.807) is 4.90 Å². The third kappa shape index (κ3) is 1.78. The molecule has 4 aliphatic rings. The van der Waals surface area contributed by atoms with Crippen molar-refractivity contribution in [1.82, 2.24) is 4.90 Å². The normalized spacial score (nSPS) is 43.7. The molecule has 3 saturated heterocycles. The molecule has 2 bridgehead atoms. The molecule has 4 aliphatic heterocycles. The van der Waals surface area contributed by atoms with Crippen LogP contribution in [0.3, 0.4) is 0 Å². The van der Waals surface area contributed by atoms with Gasteiger partial charge in [0.25, 0.3) is 0 Å². The van der Waals surface area contributed by atoms with Crippen LogP contribution in [-0.4, -0.2) is 61.4 Å². The fourth-order valence-electron chi connectivity index (χ4n) is 4.17. The maximum Gasteiger partial charge on any atom is 0.312 e. The van der Waals surface area contributed by atoms with E-state index in [4.69, 9.17) is 14.2 Å². The van der Waals surface area contributed by atoms with Gasteiger partial charge in [0, 0.05) is 13.2 Å². The molecule has 114 valence electrons. The van der Waals surface area contributed by atoms with Crippen LogP contribution in [0.25, 0.3) is 0 Å². The molecule has 1 spiro atoms. The number of nitrogens with zero attached hydrogens (tertiary/aromatic N) is 1. The number of carbonyl (C=O) groups excluding carboxylic acids is 2. The lowest BCUT2D eigenvalue weighted by molar-refractivity contribution is -0.151. The van der Waals surface area contributed by atoms with E-state index in [9.17, 15) is 9.59 Å². The molecule has 0 aromatic carbocycles. The van der Waals surface area contributed by atoms with Gasteiger partial charge in [0.2, 0.25) is 5.91 Å². The first-order valence-electron chi connectivity index (χ1n) is 7.50. The minimum absolute atomic E-state index is 0.00671. The van der Waals surface area contributed by atoms with Gasteiger partial charge in [-0.25, -0.2) is 0 Å². The molecule has 0 unspecified atom stereocenters. The Hall–Kier alpha value is -1.40. The number of carbonyl (C=O) groups is 2. The van der Waals surface area contributed by atoms with Crippen LogP contribution in [0.15, 0.2) is 12.2 Å². The fraction of sp³-hybridized carbons (Fsp3) is 0.733. The number of fused-ring (bicyclic) bond motifs is 1. The van der Waals surface area contributed by atoms with E-state index >= 15 is 0 Å². The largest absolute Gasteiger partial charge is 0.469 e. The minimum atomic E-state index is -0.640. The topological polar surface area (TPSA) is 65.1 Å². The molecule has 1 amide bonds. The molecule has 0 N–H and O–H groups in total. The van der Waals surface area contributed by atoms with E-state index in [0.717, 1.165) is 19.4 Å². The fourth-order valence-corrected chi connectivity index (χ4v) is 4.17. The Balaban J connectivity index is 1.57. The quantitative estimate of drug-likeness (QED) is 0.546. The number of esters is 1. The van der Waals surface area contributed by atoms with Crippen LogP contribution in [0.1, 0.15) is 12.8 Å². The van der Waals surface area contributed by atoms with Crippen molar-refractivity contribution in [3.05, 3.63) is 12.2 Å². The van der Waals surface area contributed by atoms with E-state index < -0.39 is 17.4 Å². The summed E-state index contributed by atoms with van der Waals surface area (Å²) in [6.07, 6.45) is 5.67. The molecule has 4 rings (SSSR count). The van der Waals surface area contributed by atoms with Gasteiger partial charge in [-0.2, -0.15) is 0 Å². The van der Waals surface area contributed by atoms with E-state index in [-0.39, 0.29) is 24.1 Å². The highest BCUT2D eigenvalue weighted by Gasteiger charge is 2.67. The number of amides is 1. The van der Waals surface area contributed by atoms with Crippen molar-refractivity contribution in [1.29, 1.82) is 0 Å². The zero-order chi connectivity index (χ0) is 14.6. The molecule has 5 atom stereocenters. The Morgan fingerprint density at radius 2 is 2.43 bits per heavy atom. The van der Waals surface area contributed by atoms with Crippen molar-refractivity contribution in [2.45, 2.75) is 30.7 Å². The summed E-state index contributed by atoms with van der Waals surface area (Å²) in [5.74, 6) is -1.32. The Kier molecular flexibility index (Phi) is 2.87. The highest BCUT2D eigenvalue weighted by atomic mass is 16.5. The molecule has 0 aliphatic carbocycles. The van der Waals surface area contributed by atoms with Crippen LogP contribution in [0, 0.1) is 11.8 Å². The summed E-state index contributed by atoms with van der Waals surface area (Å²) in [4.78, 5) is 26.5. The number of rotatable bonds is 3. The van der Waals surface area contributed by atoms with Gasteiger partial charge in [-0.05, 0) is 12.8 Å². The molecular weight excluding hydrogens is 274 g/mol. The molecule has 0 aromatic heterocycles. The van der Waals surface area contributed by atoms with Gasteiger partial charge in [0.05, 0.1) is 31.8 Å². The summed E-state index contributed by atoms with van der Waals surface area (Å²) >= 11 is 0. The predicted octanol–water partition coefficient (Wildman–Crippen LogP) is 0.120. The maximum absolute atomic E-state index is 12.7. The molecule has 6 heteroatoms. The van der Waals surface area contributed by atoms with E-state index in [2.05, 4.69) is 0 Å². The van der Waals surface area contributed by atoms with Crippen molar-refractivity contribution >= 4 is 11.9 Å². The predicted molar refractivity (Wildman–Crippen MR) is 71.3 cm³/mol. The number of hydrogen-bond acceptors (Lipinski definition) is 5. The average molecular weight is 293 g/mol. The SMILES string of the molecule is COC(=O)[C@@H]1[C@H]2C=C[C@@]3(CN(C[C@@H]4CCCO4)C(=O)[C@@H]13)O2. The van der Waals surface area contributed by atoms with E-state index in [1.807, 2.05) is 12.2 Å². The summed E-state index contributed by atoms with van der Waals surface area (Å²) < 4.78 is 16.4. The van der Waals surface area contributed by atoms with Gasteiger partial charge in [-0.15, -0.1) is 0 Å². The van der Waals surface area contributed by atoms with Gasteiger partial charge in [0.15, 0.2) is 0 Å². The van der Waals surface area contributed by atoms with Crippen molar-refractivity contribution < 1.29 is 23.8 Å². The number of likely N-dealkylation sites (tertiary alicyclic amines) is 1. The molecule has 3 fully saturated rings. The maximum atomic E-state index is 12.7. The average Bonchev–Trinajstić information content (AvgIpc) is 3.22. The molecule has 6 nitrogen and oxygen atoms in total. The zero-order valence-corrected chi connectivity index (χ0v) is 12.0. The van der Waals surface area contributed by atoms with Gasteiger partial charge >= 0.3 is 5.97 Å². The summed E-state index contributed by atoms with van der Waals surface area (Å²) in [7, 11) is 1.36. The second kappa shape index (κ2) is 4.55. The second-order valence-corrected chi connectivity index (χ2v) is 6.28. The molecular formula is C15H19NO5. The smallest absolute Gasteiger partial charge is 0.312 e. The van der Waals surface area contributed by atoms with Crippen LogP contribution in [0.4, 0.5) is 0 Å². The van der Waals surface area contributed by atoms with Gasteiger partial charge < -0.3 is 19.1 Å². The Labute approximate surface area is 123 Å². The lowest BCUT2D eigenvalue weighted by Crippen LogP contribution is -2.40. The standard InChI is InChI=1S/C15H19NO5/c1-19-14(18)11-10-4-5-15(21-10)8-16(13(17)12(11)15)7-9-3-2-6-20-9/h4-5,9-12H,2-3,6-8H2,1H3/t9-,10+,11+,12+,15-/m0/s1. The van der Waals surface area contributed by atoms with E-state index in [1.165, 1.54) is 7.11 Å². The first-order chi connectivity index (χ1) is 10.1. The highest BCUT2D eigenvalue weighted by Crippen LogP contribution is 2.52. The molecule has 0 radical (unpaired) electrons. The number of hydrogen-bond donors (Lipinski definition) is 0. The number of ether oxygens (including phenoxy) is 3. The molecule has 0 saturated carbocycles. The zero-order valence-electron chi connectivity index (χ0n) is 12.0. The van der Waals surface area contributed by atoms with Crippen LogP contribution in [0.2, 0.25) is 0 Å². The van der Waals surface area contributed by atoms with Crippen LogP contribution in [0.5, 0.6) is 0 Å². The monoisotopic (exact) mass is 293 g/mol. The summed E-state index contributed by atoms with van der Waals surface area (Å²) in [6, 6.07) is 0. The van der Waals surface area contributed by atoms with Gasteiger partial charge in [0.1, 0.15) is 11.5 Å². The van der Waals surface area contributed by atoms with E-state index in [0.29, 0.717) is 13.1 Å². The highest BCUT2D eigenvalue weighted by molar-refractivity contribution is 5.91. The van der Waals surface area contributed by atoms with Gasteiger partial charge in [-0.1, -0.05) is 12.2 Å². The van der Waals surface area contributed by atoms with Crippen molar-refractivity contribution in [2.75, 3.05) is 26.8 Å². The Bertz CT molecular complexity index is 512. The van der Waals surface area contributed by atoms with Gasteiger partial charge in [-0.3, -0.25) is 9.59 Å². The van der Waals surface area contributed by atoms with Crippen molar-refractivity contribution in [3.8, 4) is 0 Å².